The van der Waals surface area contributed by atoms with E-state index in [9.17, 15) is 0 Å². The maximum Gasteiger partial charge on any atom is 2.00 e. The number of fused-ring (bicyclic) bond motifs is 3. The molecular formula is C46H48N4OPt. The van der Waals surface area contributed by atoms with Crippen molar-refractivity contribution in [2.45, 2.75) is 81.1 Å². The fourth-order valence-electron chi connectivity index (χ4n) is 6.96. The molecule has 3 aromatic heterocycles. The summed E-state index contributed by atoms with van der Waals surface area (Å²) in [6.07, 6.45) is 6.05. The van der Waals surface area contributed by atoms with E-state index in [1.54, 1.807) is 0 Å². The van der Waals surface area contributed by atoms with E-state index < -0.39 is 0 Å². The summed E-state index contributed by atoms with van der Waals surface area (Å²) >= 11 is 0. The van der Waals surface area contributed by atoms with Crippen molar-refractivity contribution >= 4 is 21.8 Å². The Kier molecular flexibility index (Phi) is 10.9. The van der Waals surface area contributed by atoms with Crippen molar-refractivity contribution in [3.8, 4) is 34.1 Å². The van der Waals surface area contributed by atoms with E-state index in [0.29, 0.717) is 17.4 Å². The molecule has 0 aliphatic carbocycles. The SMILES string of the molecule is Cc1ccnc(-n2c3[c-]c(Oc4[c-]c(-n5nc(C)c(-c6ccccc6)c5C)cc(CCC(C)(C)C)c4)ccc3c3cc(CCC(C)C)ccc32)c1.[Pt+2]. The van der Waals surface area contributed by atoms with Crippen molar-refractivity contribution in [1.29, 1.82) is 0 Å². The molecule has 5 nitrogen and oxygen atoms in total. The summed E-state index contributed by atoms with van der Waals surface area (Å²) in [5.74, 6) is 2.80. The molecule has 3 heterocycles. The van der Waals surface area contributed by atoms with Crippen molar-refractivity contribution in [2.75, 3.05) is 0 Å². The average Bonchev–Trinajstić information content (AvgIpc) is 3.58. The summed E-state index contributed by atoms with van der Waals surface area (Å²) < 4.78 is 10.9. The summed E-state index contributed by atoms with van der Waals surface area (Å²) in [6.45, 7) is 17.7. The standard InChI is InChI=1S/C46H48N4O.Pt/c1-30(2)14-15-34-16-19-42-41(27-34)40-18-17-38(29-43(40)49(42)44-24-31(3)21-23-47-44)51-39-26-35(20-22-46(6,7)8)25-37(28-39)50-33(5)45(32(4)48-50)36-12-10-9-11-13-36;/h9-13,16-19,21,23-27,30H,14-15,20,22H2,1-8H3;/q-2;+2. The molecule has 7 aromatic rings. The van der Waals surface area contributed by atoms with Crippen LogP contribution in [-0.4, -0.2) is 19.3 Å². The Balaban J connectivity index is 0.00000464. The molecule has 7 rings (SSSR count). The van der Waals surface area contributed by atoms with Gasteiger partial charge in [-0.1, -0.05) is 82.6 Å². The van der Waals surface area contributed by atoms with Crippen LogP contribution in [0.3, 0.4) is 0 Å². The number of benzene rings is 4. The molecule has 0 unspecified atom stereocenters. The van der Waals surface area contributed by atoms with Gasteiger partial charge in [0.15, 0.2) is 0 Å². The topological polar surface area (TPSA) is 44.9 Å². The van der Waals surface area contributed by atoms with Gasteiger partial charge in [0.1, 0.15) is 5.82 Å². The molecule has 4 aromatic carbocycles. The minimum absolute atomic E-state index is 0. The second kappa shape index (κ2) is 15.2. The molecule has 0 bridgehead atoms. The third-order valence-corrected chi connectivity index (χ3v) is 9.71. The Bertz CT molecular complexity index is 2340. The van der Waals surface area contributed by atoms with Crippen LogP contribution in [0.1, 0.15) is 75.5 Å². The van der Waals surface area contributed by atoms with Crippen LogP contribution in [0.15, 0.2) is 91.1 Å². The van der Waals surface area contributed by atoms with Gasteiger partial charge in [-0.05, 0) is 104 Å². The van der Waals surface area contributed by atoms with Gasteiger partial charge in [-0.3, -0.25) is 4.68 Å². The first-order chi connectivity index (χ1) is 24.4. The van der Waals surface area contributed by atoms with Crippen LogP contribution < -0.4 is 4.74 Å². The molecule has 268 valence electrons. The second-order valence-corrected chi connectivity index (χ2v) is 15.6. The van der Waals surface area contributed by atoms with Crippen molar-refractivity contribution in [3.63, 3.8) is 0 Å². The summed E-state index contributed by atoms with van der Waals surface area (Å²) in [7, 11) is 0. The van der Waals surface area contributed by atoms with Crippen molar-refractivity contribution in [2.24, 2.45) is 11.3 Å². The van der Waals surface area contributed by atoms with Crippen molar-refractivity contribution in [1.82, 2.24) is 19.3 Å². The van der Waals surface area contributed by atoms with Gasteiger partial charge in [0.05, 0.1) is 5.69 Å². The fourth-order valence-corrected chi connectivity index (χ4v) is 6.96. The van der Waals surface area contributed by atoms with Gasteiger partial charge in [0.25, 0.3) is 0 Å². The van der Waals surface area contributed by atoms with Crippen LogP contribution in [-0.2, 0) is 33.9 Å². The van der Waals surface area contributed by atoms with Crippen molar-refractivity contribution in [3.05, 3.63) is 131 Å². The number of pyridine rings is 1. The summed E-state index contributed by atoms with van der Waals surface area (Å²) in [5, 5.41) is 7.35. The zero-order valence-corrected chi connectivity index (χ0v) is 33.9. The van der Waals surface area contributed by atoms with E-state index in [2.05, 4.69) is 139 Å². The van der Waals surface area contributed by atoms with Gasteiger partial charge in [0.2, 0.25) is 0 Å². The predicted molar refractivity (Wildman–Crippen MR) is 210 cm³/mol. The molecule has 52 heavy (non-hydrogen) atoms. The zero-order valence-electron chi connectivity index (χ0n) is 31.6. The fraction of sp³-hybridized carbons (Fsp3) is 0.304. The van der Waals surface area contributed by atoms with E-state index >= 15 is 0 Å². The molecule has 6 heteroatoms. The first kappa shape index (κ1) is 37.3. The third kappa shape index (κ3) is 7.95. The molecule has 0 aliphatic heterocycles. The number of aryl methyl sites for hydroxylation is 4. The van der Waals surface area contributed by atoms with Gasteiger partial charge in [0, 0.05) is 34.5 Å². The normalized spacial score (nSPS) is 11.8. The molecule has 0 saturated heterocycles. The molecule has 0 amide bonds. The smallest absolute Gasteiger partial charge is 0.509 e. The van der Waals surface area contributed by atoms with Crippen LogP contribution in [0.5, 0.6) is 11.5 Å². The Morgan fingerprint density at radius 2 is 1.58 bits per heavy atom. The molecule has 0 fully saturated rings. The molecule has 0 saturated carbocycles. The van der Waals surface area contributed by atoms with E-state index in [1.807, 2.05) is 29.1 Å². The van der Waals surface area contributed by atoms with Crippen LogP contribution in [0.2, 0.25) is 0 Å². The van der Waals surface area contributed by atoms with E-state index in [4.69, 9.17) is 14.8 Å². The number of hydrogen-bond acceptors (Lipinski definition) is 3. The first-order valence-corrected chi connectivity index (χ1v) is 18.2. The van der Waals surface area contributed by atoms with Crippen LogP contribution in [0, 0.1) is 44.2 Å². The zero-order chi connectivity index (χ0) is 35.9. The number of nitrogens with zero attached hydrogens (tertiary/aromatic N) is 4. The van der Waals surface area contributed by atoms with Crippen LogP contribution >= 0.6 is 0 Å². The number of aromatic nitrogens is 4. The average molecular weight is 868 g/mol. The number of rotatable bonds is 10. The first-order valence-electron chi connectivity index (χ1n) is 18.2. The molecule has 0 spiro atoms. The molecule has 0 atom stereocenters. The summed E-state index contributed by atoms with van der Waals surface area (Å²) in [6, 6.07) is 37.2. The maximum absolute atomic E-state index is 6.70. The monoisotopic (exact) mass is 867 g/mol. The number of hydrogen-bond donors (Lipinski definition) is 0. The van der Waals surface area contributed by atoms with E-state index in [0.717, 1.165) is 81.7 Å². The molecular weight excluding hydrogens is 820 g/mol. The Labute approximate surface area is 323 Å². The van der Waals surface area contributed by atoms with E-state index in [-0.39, 0.29) is 26.5 Å². The third-order valence-electron chi connectivity index (χ3n) is 9.71. The Hall–Kier alpha value is -4.47. The quantitative estimate of drug-likeness (QED) is 0.129. The van der Waals surface area contributed by atoms with Gasteiger partial charge in [-0.15, -0.1) is 35.7 Å². The molecule has 0 radical (unpaired) electrons. The van der Waals surface area contributed by atoms with Crippen LogP contribution in [0.4, 0.5) is 0 Å². The number of ether oxygens (including phenoxy) is 1. The van der Waals surface area contributed by atoms with Gasteiger partial charge >= 0.3 is 21.1 Å². The molecule has 0 N–H and O–H groups in total. The minimum atomic E-state index is 0. The molecule has 0 aliphatic rings. The minimum Gasteiger partial charge on any atom is -0.509 e. The van der Waals surface area contributed by atoms with Gasteiger partial charge < -0.3 is 9.30 Å². The summed E-state index contributed by atoms with van der Waals surface area (Å²) in [4.78, 5) is 4.80. The van der Waals surface area contributed by atoms with Crippen LogP contribution in [0.25, 0.3) is 44.4 Å². The van der Waals surface area contributed by atoms with Crippen molar-refractivity contribution < 1.29 is 25.8 Å². The maximum atomic E-state index is 6.70. The summed E-state index contributed by atoms with van der Waals surface area (Å²) in [5.41, 5.74) is 11.2. The Morgan fingerprint density at radius 1 is 0.788 bits per heavy atom. The van der Waals surface area contributed by atoms with Gasteiger partial charge in [-0.25, -0.2) is 4.98 Å². The predicted octanol–water partition coefficient (Wildman–Crippen LogP) is 11.9. The Morgan fingerprint density at radius 3 is 2.31 bits per heavy atom. The van der Waals surface area contributed by atoms with Gasteiger partial charge in [-0.2, -0.15) is 16.7 Å². The largest absolute Gasteiger partial charge is 2.00 e. The van der Waals surface area contributed by atoms with E-state index in [1.165, 1.54) is 16.5 Å². The second-order valence-electron chi connectivity index (χ2n) is 15.6.